The van der Waals surface area contributed by atoms with Crippen molar-refractivity contribution < 1.29 is 14.5 Å². The Morgan fingerprint density at radius 1 is 1.52 bits per heavy atom. The number of amides is 1. The fourth-order valence-electron chi connectivity index (χ4n) is 3.07. The lowest BCUT2D eigenvalue weighted by Gasteiger charge is -2.37. The molecule has 1 aromatic heterocycles. The monoisotopic (exact) mass is 311 g/mol. The zero-order chi connectivity index (χ0) is 15.0. The predicted octanol–water partition coefficient (Wildman–Crippen LogP) is 2.04. The molecule has 0 spiro atoms. The van der Waals surface area contributed by atoms with Crippen molar-refractivity contribution in [3.8, 4) is 0 Å². The summed E-state index contributed by atoms with van der Waals surface area (Å²) in [6.07, 6.45) is 3.86. The Bertz CT molecular complexity index is 595. The van der Waals surface area contributed by atoms with Crippen LogP contribution in [0, 0.1) is 10.1 Å². The zero-order valence-electron chi connectivity index (χ0n) is 11.2. The molecule has 3 rings (SSSR count). The molecule has 7 nitrogen and oxygen atoms in total. The van der Waals surface area contributed by atoms with Crippen molar-refractivity contribution in [2.24, 2.45) is 0 Å². The number of aromatic nitrogens is 1. The summed E-state index contributed by atoms with van der Waals surface area (Å²) in [4.78, 5) is 28.5. The van der Waals surface area contributed by atoms with E-state index in [0.717, 1.165) is 25.5 Å². The average Bonchev–Trinajstić information content (AvgIpc) is 2.94. The van der Waals surface area contributed by atoms with Gasteiger partial charge in [0.1, 0.15) is 16.9 Å². The number of nitro groups is 1. The van der Waals surface area contributed by atoms with Crippen molar-refractivity contribution in [2.75, 3.05) is 13.2 Å². The first-order valence-corrected chi connectivity index (χ1v) is 7.18. The van der Waals surface area contributed by atoms with Crippen LogP contribution in [-0.2, 0) is 4.74 Å². The van der Waals surface area contributed by atoms with Crippen LogP contribution in [0.4, 0.5) is 5.69 Å². The standard InChI is InChI=1S/C13H14ClN3O4/c14-12-6-8(10(7-15-12)17(19)20)13(18)16-4-5-21-11-3-1-2-9(11)16/h6-7,9,11H,1-5H2. The minimum absolute atomic E-state index is 0.00204. The summed E-state index contributed by atoms with van der Waals surface area (Å²) in [5.74, 6) is -0.369. The Morgan fingerprint density at radius 3 is 3.10 bits per heavy atom. The second-order valence-corrected chi connectivity index (χ2v) is 5.57. The quantitative estimate of drug-likeness (QED) is 0.474. The summed E-state index contributed by atoms with van der Waals surface area (Å²) in [6, 6.07) is 1.26. The van der Waals surface area contributed by atoms with Gasteiger partial charge in [0.05, 0.1) is 23.7 Å². The van der Waals surface area contributed by atoms with Crippen LogP contribution in [0.2, 0.25) is 5.15 Å². The molecule has 21 heavy (non-hydrogen) atoms. The van der Waals surface area contributed by atoms with E-state index in [2.05, 4.69) is 4.98 Å². The Hall–Kier alpha value is -1.73. The van der Waals surface area contributed by atoms with Gasteiger partial charge in [-0.2, -0.15) is 0 Å². The molecule has 2 atom stereocenters. The maximum absolute atomic E-state index is 12.7. The third-order valence-corrected chi connectivity index (χ3v) is 4.23. The average molecular weight is 312 g/mol. The van der Waals surface area contributed by atoms with Gasteiger partial charge < -0.3 is 9.64 Å². The molecule has 112 valence electrons. The van der Waals surface area contributed by atoms with Gasteiger partial charge in [0, 0.05) is 6.54 Å². The van der Waals surface area contributed by atoms with Crippen LogP contribution < -0.4 is 0 Å². The number of rotatable bonds is 2. The van der Waals surface area contributed by atoms with Gasteiger partial charge in [-0.1, -0.05) is 11.6 Å². The molecule has 1 aromatic rings. The van der Waals surface area contributed by atoms with Gasteiger partial charge in [0.25, 0.3) is 11.6 Å². The highest BCUT2D eigenvalue weighted by molar-refractivity contribution is 6.29. The summed E-state index contributed by atoms with van der Waals surface area (Å²) in [5.41, 5.74) is -0.321. The lowest BCUT2D eigenvalue weighted by molar-refractivity contribution is -0.385. The summed E-state index contributed by atoms with van der Waals surface area (Å²) in [6.45, 7) is 0.899. The zero-order valence-corrected chi connectivity index (χ0v) is 12.0. The van der Waals surface area contributed by atoms with E-state index in [0.29, 0.717) is 13.2 Å². The van der Waals surface area contributed by atoms with Crippen molar-refractivity contribution in [2.45, 2.75) is 31.4 Å². The number of morpholine rings is 1. The molecule has 8 heteroatoms. The van der Waals surface area contributed by atoms with E-state index in [4.69, 9.17) is 16.3 Å². The maximum Gasteiger partial charge on any atom is 0.300 e. The van der Waals surface area contributed by atoms with E-state index < -0.39 is 4.92 Å². The van der Waals surface area contributed by atoms with Gasteiger partial charge in [-0.05, 0) is 25.3 Å². The SMILES string of the molecule is O=C(c1cc(Cl)ncc1[N+](=O)[O-])N1CCOC2CCCC21. The number of fused-ring (bicyclic) bond motifs is 1. The molecule has 2 fully saturated rings. The number of carbonyl (C=O) groups excluding carboxylic acids is 1. The number of halogens is 1. The molecule has 2 unspecified atom stereocenters. The molecule has 2 heterocycles. The summed E-state index contributed by atoms with van der Waals surface area (Å²) in [7, 11) is 0. The van der Waals surface area contributed by atoms with E-state index in [1.165, 1.54) is 6.07 Å². The summed E-state index contributed by atoms with van der Waals surface area (Å²) >= 11 is 5.79. The molecule has 0 N–H and O–H groups in total. The summed E-state index contributed by atoms with van der Waals surface area (Å²) in [5, 5.41) is 11.1. The number of carbonyl (C=O) groups is 1. The van der Waals surface area contributed by atoms with Crippen LogP contribution in [0.1, 0.15) is 29.6 Å². The van der Waals surface area contributed by atoms with Gasteiger partial charge in [0.2, 0.25) is 0 Å². The Kier molecular flexibility index (Phi) is 3.77. The van der Waals surface area contributed by atoms with Crippen LogP contribution >= 0.6 is 11.6 Å². The molecule has 1 aliphatic carbocycles. The van der Waals surface area contributed by atoms with E-state index >= 15 is 0 Å². The van der Waals surface area contributed by atoms with Crippen molar-refractivity contribution in [1.29, 1.82) is 0 Å². The third-order valence-electron chi connectivity index (χ3n) is 4.02. The summed E-state index contributed by atoms with van der Waals surface area (Å²) < 4.78 is 5.65. The van der Waals surface area contributed by atoms with Crippen molar-refractivity contribution >= 4 is 23.2 Å². The number of pyridine rings is 1. The maximum atomic E-state index is 12.7. The van der Waals surface area contributed by atoms with Gasteiger partial charge in [-0.15, -0.1) is 0 Å². The van der Waals surface area contributed by atoms with E-state index in [9.17, 15) is 14.9 Å². The number of hydrogen-bond donors (Lipinski definition) is 0. The first-order chi connectivity index (χ1) is 10.1. The minimum atomic E-state index is -0.608. The highest BCUT2D eigenvalue weighted by Gasteiger charge is 2.40. The van der Waals surface area contributed by atoms with Crippen LogP contribution in [0.3, 0.4) is 0 Å². The Morgan fingerprint density at radius 2 is 2.33 bits per heavy atom. The number of hydrogen-bond acceptors (Lipinski definition) is 5. The third kappa shape index (κ3) is 2.58. The van der Waals surface area contributed by atoms with Crippen LogP contribution in [0.15, 0.2) is 12.3 Å². The topological polar surface area (TPSA) is 85.6 Å². The van der Waals surface area contributed by atoms with Gasteiger partial charge >= 0.3 is 0 Å². The van der Waals surface area contributed by atoms with Gasteiger partial charge in [-0.25, -0.2) is 4.98 Å². The molecule has 0 aromatic carbocycles. The van der Waals surface area contributed by atoms with Crippen LogP contribution in [0.25, 0.3) is 0 Å². The second-order valence-electron chi connectivity index (χ2n) is 5.19. The Balaban J connectivity index is 1.94. The molecule has 1 amide bonds. The van der Waals surface area contributed by atoms with Gasteiger partial charge in [-0.3, -0.25) is 14.9 Å². The van der Waals surface area contributed by atoms with E-state index in [1.54, 1.807) is 4.90 Å². The minimum Gasteiger partial charge on any atom is -0.374 e. The fraction of sp³-hybridized carbons (Fsp3) is 0.538. The predicted molar refractivity (Wildman–Crippen MR) is 74.3 cm³/mol. The first kappa shape index (κ1) is 14.2. The molecule has 1 saturated carbocycles. The van der Waals surface area contributed by atoms with E-state index in [-0.39, 0.29) is 34.5 Å². The molecule has 1 aliphatic heterocycles. The molecular formula is C13H14ClN3O4. The molecule has 1 saturated heterocycles. The molecule has 0 bridgehead atoms. The highest BCUT2D eigenvalue weighted by Crippen LogP contribution is 2.32. The smallest absolute Gasteiger partial charge is 0.300 e. The number of ether oxygens (including phenoxy) is 1. The highest BCUT2D eigenvalue weighted by atomic mass is 35.5. The molecule has 0 radical (unpaired) electrons. The lowest BCUT2D eigenvalue weighted by atomic mass is 10.1. The van der Waals surface area contributed by atoms with Crippen molar-refractivity contribution in [1.82, 2.24) is 9.88 Å². The first-order valence-electron chi connectivity index (χ1n) is 6.80. The number of nitrogens with zero attached hydrogens (tertiary/aromatic N) is 3. The van der Waals surface area contributed by atoms with Crippen molar-refractivity contribution in [3.63, 3.8) is 0 Å². The van der Waals surface area contributed by atoms with Gasteiger partial charge in [0.15, 0.2) is 0 Å². The lowest BCUT2D eigenvalue weighted by Crippen LogP contribution is -2.51. The largest absolute Gasteiger partial charge is 0.374 e. The fourth-order valence-corrected chi connectivity index (χ4v) is 3.23. The van der Waals surface area contributed by atoms with Crippen LogP contribution in [-0.4, -0.2) is 46.0 Å². The van der Waals surface area contributed by atoms with Crippen molar-refractivity contribution in [3.05, 3.63) is 33.1 Å². The van der Waals surface area contributed by atoms with E-state index in [1.807, 2.05) is 0 Å². The second kappa shape index (κ2) is 5.57. The molecular weight excluding hydrogens is 298 g/mol. The Labute approximate surface area is 126 Å². The van der Waals surface area contributed by atoms with Crippen LogP contribution in [0.5, 0.6) is 0 Å². The normalized spacial score (nSPS) is 24.7. The molecule has 2 aliphatic rings.